The molecule has 1 amide bonds. The molecule has 2 atom stereocenters. The average Bonchev–Trinajstić information content (AvgIpc) is 2.73. The summed E-state index contributed by atoms with van der Waals surface area (Å²) < 4.78 is 5.87. The summed E-state index contributed by atoms with van der Waals surface area (Å²) in [5.74, 6) is 1.08. The highest BCUT2D eigenvalue weighted by Gasteiger charge is 2.34. The second-order valence-electron chi connectivity index (χ2n) is 8.84. The van der Waals surface area contributed by atoms with Crippen LogP contribution in [-0.4, -0.2) is 43.3 Å². The van der Waals surface area contributed by atoms with Crippen LogP contribution in [0.3, 0.4) is 0 Å². The van der Waals surface area contributed by atoms with Crippen LogP contribution >= 0.6 is 0 Å². The smallest absolute Gasteiger partial charge is 0.248 e. The Hall–Kier alpha value is -2.66. The number of ether oxygens (including phenoxy) is 1. The SMILES string of the molecule is Cc1cc2c(cc1C)C1=NN(c3ccc(OCC(C)N(C)C)cc3)C(=O)CC1CC2. The van der Waals surface area contributed by atoms with E-state index in [1.807, 2.05) is 38.4 Å². The maximum absolute atomic E-state index is 12.8. The van der Waals surface area contributed by atoms with Gasteiger partial charge >= 0.3 is 0 Å². The molecule has 1 aliphatic heterocycles. The molecule has 2 aromatic rings. The van der Waals surface area contributed by atoms with Crippen LogP contribution in [0.5, 0.6) is 5.75 Å². The predicted molar refractivity (Wildman–Crippen MR) is 121 cm³/mol. The third-order valence-electron chi connectivity index (χ3n) is 6.46. The minimum Gasteiger partial charge on any atom is -0.492 e. The summed E-state index contributed by atoms with van der Waals surface area (Å²) in [5, 5.41) is 6.42. The zero-order valence-corrected chi connectivity index (χ0v) is 18.6. The van der Waals surface area contributed by atoms with Crippen LogP contribution in [0.25, 0.3) is 0 Å². The van der Waals surface area contributed by atoms with Crippen LogP contribution in [-0.2, 0) is 11.2 Å². The van der Waals surface area contributed by atoms with E-state index >= 15 is 0 Å². The van der Waals surface area contributed by atoms with Crippen molar-refractivity contribution in [3.05, 3.63) is 58.7 Å². The molecule has 158 valence electrons. The van der Waals surface area contributed by atoms with Crippen molar-refractivity contribution >= 4 is 17.3 Å². The largest absolute Gasteiger partial charge is 0.492 e. The quantitative estimate of drug-likeness (QED) is 0.744. The number of rotatable bonds is 5. The fourth-order valence-electron chi connectivity index (χ4n) is 4.05. The Balaban J connectivity index is 1.59. The van der Waals surface area contributed by atoms with E-state index in [-0.39, 0.29) is 11.8 Å². The Morgan fingerprint density at radius 1 is 1.17 bits per heavy atom. The molecule has 0 bridgehead atoms. The second-order valence-corrected chi connectivity index (χ2v) is 8.84. The molecule has 1 heterocycles. The lowest BCUT2D eigenvalue weighted by molar-refractivity contribution is -0.119. The number of hydrazone groups is 1. The Morgan fingerprint density at radius 2 is 1.87 bits per heavy atom. The van der Waals surface area contributed by atoms with Crippen molar-refractivity contribution in [3.63, 3.8) is 0 Å². The van der Waals surface area contributed by atoms with E-state index < -0.39 is 0 Å². The van der Waals surface area contributed by atoms with E-state index in [0.717, 1.165) is 30.0 Å². The Morgan fingerprint density at radius 3 is 2.57 bits per heavy atom. The molecule has 2 aromatic carbocycles. The van der Waals surface area contributed by atoms with Gasteiger partial charge in [0.1, 0.15) is 12.4 Å². The standard InChI is InChI=1S/C25H31N3O2/c1-16-12-19-6-7-20-14-24(29)28(26-25(20)23(19)13-17(16)2)21-8-10-22(11-9-21)30-15-18(3)27(4)5/h8-13,18,20H,6-7,14-15H2,1-5H3. The monoisotopic (exact) mass is 405 g/mol. The number of hydrogen-bond acceptors (Lipinski definition) is 4. The molecule has 5 nitrogen and oxygen atoms in total. The number of carbonyl (C=O) groups excluding carboxylic acids is 1. The minimum atomic E-state index is 0.0610. The van der Waals surface area contributed by atoms with Crippen molar-refractivity contribution in [2.45, 2.75) is 46.1 Å². The lowest BCUT2D eigenvalue weighted by Gasteiger charge is -2.33. The van der Waals surface area contributed by atoms with Crippen molar-refractivity contribution < 1.29 is 9.53 Å². The zero-order chi connectivity index (χ0) is 21.4. The third-order valence-corrected chi connectivity index (χ3v) is 6.46. The van der Waals surface area contributed by atoms with Gasteiger partial charge in [-0.2, -0.15) is 5.10 Å². The van der Waals surface area contributed by atoms with E-state index in [4.69, 9.17) is 9.84 Å². The number of aryl methyl sites for hydroxylation is 3. The maximum atomic E-state index is 12.8. The summed E-state index contributed by atoms with van der Waals surface area (Å²) in [6, 6.07) is 12.5. The van der Waals surface area contributed by atoms with Gasteiger partial charge in [0, 0.05) is 23.9 Å². The van der Waals surface area contributed by atoms with Crippen LogP contribution in [0.2, 0.25) is 0 Å². The van der Waals surface area contributed by atoms with Gasteiger partial charge in [0.15, 0.2) is 0 Å². The summed E-state index contributed by atoms with van der Waals surface area (Å²) in [7, 11) is 4.08. The van der Waals surface area contributed by atoms with E-state index in [0.29, 0.717) is 19.1 Å². The molecule has 0 aromatic heterocycles. The summed E-state index contributed by atoms with van der Waals surface area (Å²) >= 11 is 0. The lowest BCUT2D eigenvalue weighted by atomic mass is 9.78. The van der Waals surface area contributed by atoms with E-state index in [1.165, 1.54) is 22.3 Å². The van der Waals surface area contributed by atoms with Gasteiger partial charge in [0.05, 0.1) is 11.4 Å². The number of nitrogens with zero attached hydrogens (tertiary/aromatic N) is 3. The third kappa shape index (κ3) is 3.99. The molecular weight excluding hydrogens is 374 g/mol. The molecule has 2 unspecified atom stereocenters. The van der Waals surface area contributed by atoms with Gasteiger partial charge in [-0.3, -0.25) is 4.79 Å². The summed E-state index contributed by atoms with van der Waals surface area (Å²) in [6.45, 7) is 7.04. The number of anilines is 1. The first-order valence-corrected chi connectivity index (χ1v) is 10.7. The molecule has 0 N–H and O–H groups in total. The molecule has 0 spiro atoms. The number of likely N-dealkylation sites (N-methyl/N-ethyl adjacent to an activating group) is 1. The van der Waals surface area contributed by atoms with Gasteiger partial charge in [0.2, 0.25) is 5.91 Å². The minimum absolute atomic E-state index is 0.0610. The van der Waals surface area contributed by atoms with E-state index in [1.54, 1.807) is 5.01 Å². The molecule has 30 heavy (non-hydrogen) atoms. The first-order valence-electron chi connectivity index (χ1n) is 10.7. The topological polar surface area (TPSA) is 45.1 Å². The lowest BCUT2D eigenvalue weighted by Crippen LogP contribution is -2.39. The fourth-order valence-corrected chi connectivity index (χ4v) is 4.05. The first-order chi connectivity index (χ1) is 14.3. The number of benzene rings is 2. The van der Waals surface area contributed by atoms with Gasteiger partial charge in [0.25, 0.3) is 0 Å². The van der Waals surface area contributed by atoms with Crippen LogP contribution in [0, 0.1) is 19.8 Å². The second kappa shape index (κ2) is 8.23. The summed E-state index contributed by atoms with van der Waals surface area (Å²) in [4.78, 5) is 15.0. The maximum Gasteiger partial charge on any atom is 0.248 e. The highest BCUT2D eigenvalue weighted by atomic mass is 16.5. The fraction of sp³-hybridized carbons (Fsp3) is 0.440. The molecule has 0 fully saturated rings. The molecule has 5 heteroatoms. The van der Waals surface area contributed by atoms with Crippen molar-refractivity contribution in [1.82, 2.24) is 4.90 Å². The molecule has 2 aliphatic rings. The van der Waals surface area contributed by atoms with Crippen LogP contribution < -0.4 is 9.75 Å². The Kier molecular flexibility index (Phi) is 5.65. The van der Waals surface area contributed by atoms with E-state index in [9.17, 15) is 4.79 Å². The van der Waals surface area contributed by atoms with Crippen molar-refractivity contribution in [1.29, 1.82) is 0 Å². The molecular formula is C25H31N3O2. The van der Waals surface area contributed by atoms with Crippen LogP contribution in [0.4, 0.5) is 5.69 Å². The number of carbonyl (C=O) groups is 1. The molecule has 1 aliphatic carbocycles. The number of hydrogen-bond donors (Lipinski definition) is 0. The molecule has 0 saturated heterocycles. The Bertz CT molecular complexity index is 979. The highest BCUT2D eigenvalue weighted by Crippen LogP contribution is 2.35. The first kappa shape index (κ1) is 20.6. The molecule has 0 saturated carbocycles. The van der Waals surface area contributed by atoms with Crippen LogP contribution in [0.15, 0.2) is 41.5 Å². The summed E-state index contributed by atoms with van der Waals surface area (Å²) in [6.07, 6.45) is 2.53. The van der Waals surface area contributed by atoms with Gasteiger partial charge in [-0.1, -0.05) is 6.07 Å². The zero-order valence-electron chi connectivity index (χ0n) is 18.6. The van der Waals surface area contributed by atoms with Crippen molar-refractivity contribution in [3.8, 4) is 5.75 Å². The normalized spacial score (nSPS) is 19.3. The van der Waals surface area contributed by atoms with Gasteiger partial charge in [-0.05, 0) is 94.7 Å². The summed E-state index contributed by atoms with van der Waals surface area (Å²) in [5.41, 5.74) is 6.99. The van der Waals surface area contributed by atoms with Gasteiger partial charge in [-0.25, -0.2) is 5.01 Å². The van der Waals surface area contributed by atoms with Gasteiger partial charge < -0.3 is 9.64 Å². The molecule has 0 radical (unpaired) electrons. The molecule has 4 rings (SSSR count). The number of amides is 1. The highest BCUT2D eigenvalue weighted by molar-refractivity contribution is 6.11. The predicted octanol–water partition coefficient (Wildman–Crippen LogP) is 4.34. The van der Waals surface area contributed by atoms with Crippen LogP contribution in [0.1, 0.15) is 42.0 Å². The van der Waals surface area contributed by atoms with Crippen molar-refractivity contribution in [2.75, 3.05) is 25.7 Å². The Labute approximate surface area is 179 Å². The average molecular weight is 406 g/mol. The van der Waals surface area contributed by atoms with Crippen molar-refractivity contribution in [2.24, 2.45) is 11.0 Å². The van der Waals surface area contributed by atoms with E-state index in [2.05, 4.69) is 37.8 Å². The van der Waals surface area contributed by atoms with Gasteiger partial charge in [-0.15, -0.1) is 0 Å². The number of fused-ring (bicyclic) bond motifs is 3.